The molecule has 1 aromatic heterocycles. The van der Waals surface area contributed by atoms with E-state index in [2.05, 4.69) is 45.6 Å². The van der Waals surface area contributed by atoms with Crippen LogP contribution in [-0.4, -0.2) is 80.4 Å². The third-order valence-corrected chi connectivity index (χ3v) is 9.00. The Morgan fingerprint density at radius 3 is 2.42 bits per heavy atom. The number of carbonyl (C=O) groups is 2. The highest BCUT2D eigenvalue weighted by atomic mass is 16.5. The SMILES string of the molecule is CCN1[C@@H]2CC[C@H]1CN(c1ccc(C)c(C(=O)N[C@H](C)c3cc(OC)cc(-c4cc(C(=O)NCCOC)n(C)c4)c3)c1)C2. The normalized spacial score (nSPS) is 18.9. The van der Waals surface area contributed by atoms with Gasteiger partial charge in [-0.1, -0.05) is 13.0 Å². The van der Waals surface area contributed by atoms with Crippen molar-refractivity contribution in [1.82, 2.24) is 20.1 Å². The predicted octanol–water partition coefficient (Wildman–Crippen LogP) is 4.55. The highest BCUT2D eigenvalue weighted by molar-refractivity contribution is 5.97. The van der Waals surface area contributed by atoms with E-state index in [0.29, 0.717) is 42.2 Å². The first-order valence-electron chi connectivity index (χ1n) is 15.3. The van der Waals surface area contributed by atoms with Crippen LogP contribution >= 0.6 is 0 Å². The molecule has 0 saturated carbocycles. The molecule has 5 rings (SSSR count). The Morgan fingerprint density at radius 1 is 1.00 bits per heavy atom. The van der Waals surface area contributed by atoms with Crippen LogP contribution in [-0.2, 0) is 11.8 Å². The number of nitrogens with zero attached hydrogens (tertiary/aromatic N) is 3. The van der Waals surface area contributed by atoms with Crippen LogP contribution in [0.4, 0.5) is 5.69 Å². The minimum absolute atomic E-state index is 0.0962. The molecule has 2 bridgehead atoms. The van der Waals surface area contributed by atoms with Gasteiger partial charge in [-0.25, -0.2) is 0 Å². The second-order valence-corrected chi connectivity index (χ2v) is 11.8. The molecule has 230 valence electrons. The number of amides is 2. The van der Waals surface area contributed by atoms with Gasteiger partial charge in [0.25, 0.3) is 11.8 Å². The predicted molar refractivity (Wildman–Crippen MR) is 170 cm³/mol. The highest BCUT2D eigenvalue weighted by Crippen LogP contribution is 2.34. The highest BCUT2D eigenvalue weighted by Gasteiger charge is 2.39. The first kappa shape index (κ1) is 30.6. The zero-order chi connectivity index (χ0) is 30.7. The Bertz CT molecular complexity index is 1450. The molecular weight excluding hydrogens is 542 g/mol. The molecule has 2 aromatic carbocycles. The average molecular weight is 588 g/mol. The van der Waals surface area contributed by atoms with Gasteiger partial charge in [-0.15, -0.1) is 0 Å². The van der Waals surface area contributed by atoms with Gasteiger partial charge in [0.1, 0.15) is 11.4 Å². The number of nitrogens with one attached hydrogen (secondary N) is 2. The molecule has 3 heterocycles. The Labute approximate surface area is 255 Å². The molecular formula is C34H45N5O4. The van der Waals surface area contributed by atoms with E-state index >= 15 is 0 Å². The van der Waals surface area contributed by atoms with E-state index < -0.39 is 0 Å². The fraction of sp³-hybridized carbons (Fsp3) is 0.471. The fourth-order valence-corrected chi connectivity index (χ4v) is 6.59. The number of piperazine rings is 1. The largest absolute Gasteiger partial charge is 0.497 e. The molecule has 2 N–H and O–H groups in total. The van der Waals surface area contributed by atoms with E-state index in [1.165, 1.54) is 12.8 Å². The summed E-state index contributed by atoms with van der Waals surface area (Å²) in [6.45, 7) is 10.2. The standard InChI is InChI=1S/C34H45N5O4/c1-7-39-28-10-11-29(39)21-38(20-28)27-9-8-22(2)31(18-27)33(40)36-23(3)24-14-25(16-30(15-24)43-6)26-17-32(37(4)19-26)34(41)35-12-13-42-5/h8-9,14-19,23,28-29H,7,10-13,20-21H2,1-6H3,(H,35,41)(H,36,40)/t23-,28-,29+/m1/s1. The Kier molecular flexibility index (Phi) is 9.42. The van der Waals surface area contributed by atoms with Crippen molar-refractivity contribution >= 4 is 17.5 Å². The summed E-state index contributed by atoms with van der Waals surface area (Å²) >= 11 is 0. The van der Waals surface area contributed by atoms with Crippen molar-refractivity contribution < 1.29 is 19.1 Å². The number of fused-ring (bicyclic) bond motifs is 2. The molecule has 9 heteroatoms. The number of aryl methyl sites for hydroxylation is 2. The number of anilines is 1. The van der Waals surface area contributed by atoms with Crippen molar-refractivity contribution in [3.8, 4) is 16.9 Å². The van der Waals surface area contributed by atoms with Crippen LogP contribution < -0.4 is 20.3 Å². The molecule has 0 radical (unpaired) electrons. The number of rotatable bonds is 11. The molecule has 3 aromatic rings. The maximum atomic E-state index is 13.6. The van der Waals surface area contributed by atoms with Gasteiger partial charge in [0.15, 0.2) is 0 Å². The zero-order valence-corrected chi connectivity index (χ0v) is 26.3. The lowest BCUT2D eigenvalue weighted by Crippen LogP contribution is -2.53. The number of ether oxygens (including phenoxy) is 2. The van der Waals surface area contributed by atoms with Gasteiger partial charge >= 0.3 is 0 Å². The van der Waals surface area contributed by atoms with E-state index in [4.69, 9.17) is 9.47 Å². The van der Waals surface area contributed by atoms with Crippen LogP contribution in [0.2, 0.25) is 0 Å². The lowest BCUT2D eigenvalue weighted by Gasteiger charge is -2.41. The second-order valence-electron chi connectivity index (χ2n) is 11.8. The minimum Gasteiger partial charge on any atom is -0.497 e. The van der Waals surface area contributed by atoms with E-state index in [9.17, 15) is 9.59 Å². The lowest BCUT2D eigenvalue weighted by atomic mass is 10.00. The van der Waals surface area contributed by atoms with Gasteiger partial charge in [0.2, 0.25) is 0 Å². The summed E-state index contributed by atoms with van der Waals surface area (Å²) < 4.78 is 12.5. The number of benzene rings is 2. The molecule has 2 aliphatic heterocycles. The van der Waals surface area contributed by atoms with Crippen molar-refractivity contribution in [3.63, 3.8) is 0 Å². The van der Waals surface area contributed by atoms with Gasteiger partial charge in [-0.05, 0) is 86.3 Å². The first-order chi connectivity index (χ1) is 20.7. The van der Waals surface area contributed by atoms with Gasteiger partial charge in [-0.3, -0.25) is 14.5 Å². The monoisotopic (exact) mass is 587 g/mol. The quantitative estimate of drug-likeness (QED) is 0.320. The molecule has 2 fully saturated rings. The van der Waals surface area contributed by atoms with Crippen molar-refractivity contribution in [1.29, 1.82) is 0 Å². The lowest BCUT2D eigenvalue weighted by molar-refractivity contribution is 0.0924. The summed E-state index contributed by atoms with van der Waals surface area (Å²) in [6.07, 6.45) is 4.43. The molecule has 2 aliphatic rings. The number of carbonyl (C=O) groups excluding carboxylic acids is 2. The van der Waals surface area contributed by atoms with Gasteiger partial charge in [-0.2, -0.15) is 0 Å². The van der Waals surface area contributed by atoms with Crippen LogP contribution in [0.5, 0.6) is 5.75 Å². The molecule has 3 atom stereocenters. The first-order valence-corrected chi connectivity index (χ1v) is 15.3. The Morgan fingerprint density at radius 2 is 1.74 bits per heavy atom. The molecule has 2 amide bonds. The van der Waals surface area contributed by atoms with Crippen molar-refractivity contribution in [2.45, 2.75) is 51.7 Å². The van der Waals surface area contributed by atoms with Crippen LogP contribution in [0.1, 0.15) is 64.7 Å². The average Bonchev–Trinajstić information content (AvgIpc) is 3.52. The maximum Gasteiger partial charge on any atom is 0.267 e. The third-order valence-electron chi connectivity index (χ3n) is 9.00. The van der Waals surface area contributed by atoms with Crippen molar-refractivity contribution in [2.75, 3.05) is 51.9 Å². The second kappa shape index (κ2) is 13.2. The maximum absolute atomic E-state index is 13.6. The molecule has 0 unspecified atom stereocenters. The molecule has 0 spiro atoms. The number of hydrogen-bond donors (Lipinski definition) is 2. The van der Waals surface area contributed by atoms with E-state index in [1.54, 1.807) is 14.2 Å². The van der Waals surface area contributed by atoms with Crippen molar-refractivity contribution in [2.24, 2.45) is 7.05 Å². The zero-order valence-electron chi connectivity index (χ0n) is 26.3. The van der Waals surface area contributed by atoms with E-state index in [0.717, 1.165) is 47.6 Å². The molecule has 0 aliphatic carbocycles. The van der Waals surface area contributed by atoms with Crippen LogP contribution in [0.3, 0.4) is 0 Å². The van der Waals surface area contributed by atoms with Crippen LogP contribution in [0, 0.1) is 6.92 Å². The molecule has 2 saturated heterocycles. The van der Waals surface area contributed by atoms with Gasteiger partial charge in [0.05, 0.1) is 19.8 Å². The third kappa shape index (κ3) is 6.58. The number of aromatic nitrogens is 1. The smallest absolute Gasteiger partial charge is 0.267 e. The van der Waals surface area contributed by atoms with Crippen LogP contribution in [0.15, 0.2) is 48.7 Å². The van der Waals surface area contributed by atoms with E-state index in [-0.39, 0.29) is 17.9 Å². The molecule has 43 heavy (non-hydrogen) atoms. The Balaban J connectivity index is 1.33. The summed E-state index contributed by atoms with van der Waals surface area (Å²) in [7, 11) is 5.09. The van der Waals surface area contributed by atoms with Crippen molar-refractivity contribution in [3.05, 3.63) is 71.0 Å². The number of methoxy groups -OCH3 is 2. The summed E-state index contributed by atoms with van der Waals surface area (Å²) in [6, 6.07) is 15.0. The number of likely N-dealkylation sites (N-methyl/N-ethyl adjacent to an activating group) is 1. The summed E-state index contributed by atoms with van der Waals surface area (Å²) in [5, 5.41) is 6.09. The fourth-order valence-electron chi connectivity index (χ4n) is 6.59. The topological polar surface area (TPSA) is 88.1 Å². The van der Waals surface area contributed by atoms with Crippen LogP contribution in [0.25, 0.3) is 11.1 Å². The van der Waals surface area contributed by atoms with E-state index in [1.807, 2.05) is 55.9 Å². The minimum atomic E-state index is -0.270. The Hall–Kier alpha value is -3.82. The summed E-state index contributed by atoms with van der Waals surface area (Å²) in [5.41, 5.74) is 6.03. The van der Waals surface area contributed by atoms with Gasteiger partial charge in [0, 0.05) is 68.9 Å². The summed E-state index contributed by atoms with van der Waals surface area (Å²) in [5.74, 6) is 0.427. The van der Waals surface area contributed by atoms with Gasteiger partial charge < -0.3 is 29.6 Å². The number of hydrogen-bond acceptors (Lipinski definition) is 6. The molecule has 9 nitrogen and oxygen atoms in total. The summed E-state index contributed by atoms with van der Waals surface area (Å²) in [4.78, 5) is 31.4.